The van der Waals surface area contributed by atoms with Crippen LogP contribution in [0.3, 0.4) is 0 Å². The Morgan fingerprint density at radius 1 is 0.833 bits per heavy atom. The second-order valence-electron chi connectivity index (χ2n) is 9.89. The molecule has 0 aliphatic heterocycles. The van der Waals surface area contributed by atoms with E-state index in [1.807, 2.05) is 36.4 Å². The number of nitrogens with zero attached hydrogens (tertiary/aromatic N) is 3. The van der Waals surface area contributed by atoms with Crippen LogP contribution in [0.2, 0.25) is 0 Å². The molecule has 0 unspecified atom stereocenters. The highest BCUT2D eigenvalue weighted by Crippen LogP contribution is 2.37. The number of hydrogen-bond donors (Lipinski definition) is 1. The quantitative estimate of drug-likeness (QED) is 0.426. The molecule has 0 aliphatic carbocycles. The molecule has 30 heavy (non-hydrogen) atoms. The molecule has 4 heteroatoms. The van der Waals surface area contributed by atoms with Gasteiger partial charge in [-0.15, -0.1) is 5.10 Å². The Morgan fingerprint density at radius 2 is 1.50 bits per heavy atom. The van der Waals surface area contributed by atoms with Gasteiger partial charge in [0.25, 0.3) is 0 Å². The van der Waals surface area contributed by atoms with E-state index in [9.17, 15) is 5.11 Å². The van der Waals surface area contributed by atoms with Crippen LogP contribution in [-0.4, -0.2) is 20.1 Å². The monoisotopic (exact) mass is 399 g/mol. The SMILES string of the molecule is CC(C)(C)CC(C)(C)c1ccc(-c2ccc(O)c(-n3nnc4ccccc43)c2)cc1. The van der Waals surface area contributed by atoms with E-state index in [0.717, 1.165) is 28.6 Å². The van der Waals surface area contributed by atoms with E-state index in [1.165, 1.54) is 5.56 Å². The molecule has 0 atom stereocenters. The lowest BCUT2D eigenvalue weighted by molar-refractivity contribution is 0.284. The van der Waals surface area contributed by atoms with Crippen LogP contribution in [0, 0.1) is 5.41 Å². The van der Waals surface area contributed by atoms with Crippen LogP contribution in [0.25, 0.3) is 27.8 Å². The first-order valence-electron chi connectivity index (χ1n) is 10.4. The number of hydrogen-bond acceptors (Lipinski definition) is 3. The van der Waals surface area contributed by atoms with E-state index in [0.29, 0.717) is 5.69 Å². The lowest BCUT2D eigenvalue weighted by Crippen LogP contribution is -2.24. The summed E-state index contributed by atoms with van der Waals surface area (Å²) in [6.07, 6.45) is 1.11. The van der Waals surface area contributed by atoms with Gasteiger partial charge in [0.15, 0.2) is 0 Å². The fourth-order valence-corrected chi connectivity index (χ4v) is 4.46. The van der Waals surface area contributed by atoms with Gasteiger partial charge in [0.05, 0.1) is 5.52 Å². The first-order valence-corrected chi connectivity index (χ1v) is 10.4. The smallest absolute Gasteiger partial charge is 0.141 e. The average Bonchev–Trinajstić information content (AvgIpc) is 3.11. The van der Waals surface area contributed by atoms with Crippen molar-refractivity contribution in [3.63, 3.8) is 0 Å². The fraction of sp³-hybridized carbons (Fsp3) is 0.308. The molecule has 0 aliphatic rings. The minimum atomic E-state index is 0.108. The Bertz CT molecular complexity index is 1180. The Kier molecular flexibility index (Phi) is 4.89. The van der Waals surface area contributed by atoms with Gasteiger partial charge in [-0.2, -0.15) is 0 Å². The Balaban J connectivity index is 1.70. The molecule has 0 amide bonds. The van der Waals surface area contributed by atoms with Gasteiger partial charge in [0.2, 0.25) is 0 Å². The second-order valence-corrected chi connectivity index (χ2v) is 9.89. The van der Waals surface area contributed by atoms with Crippen LogP contribution in [0.4, 0.5) is 0 Å². The number of benzene rings is 3. The predicted octanol–water partition coefficient (Wildman–Crippen LogP) is 6.51. The lowest BCUT2D eigenvalue weighted by atomic mass is 9.72. The molecule has 0 fully saturated rings. The standard InChI is InChI=1S/C26H29N3O/c1-25(2,3)17-26(4,5)20-13-10-18(11-14-20)19-12-15-24(30)23(16-19)29-22-9-7-6-8-21(22)27-28-29/h6-16,30H,17H2,1-5H3. The van der Waals surface area contributed by atoms with E-state index in [-0.39, 0.29) is 16.6 Å². The van der Waals surface area contributed by atoms with Gasteiger partial charge in [0, 0.05) is 0 Å². The van der Waals surface area contributed by atoms with E-state index in [1.54, 1.807) is 10.7 Å². The molecule has 0 saturated carbocycles. The first-order chi connectivity index (χ1) is 14.1. The molecular formula is C26H29N3O. The van der Waals surface area contributed by atoms with Crippen LogP contribution in [-0.2, 0) is 5.41 Å². The summed E-state index contributed by atoms with van der Waals surface area (Å²) in [4.78, 5) is 0. The molecule has 154 valence electrons. The van der Waals surface area contributed by atoms with Gasteiger partial charge >= 0.3 is 0 Å². The predicted molar refractivity (Wildman–Crippen MR) is 123 cm³/mol. The van der Waals surface area contributed by atoms with Gasteiger partial charge in [-0.3, -0.25) is 0 Å². The summed E-state index contributed by atoms with van der Waals surface area (Å²) >= 11 is 0. The van der Waals surface area contributed by atoms with Crippen molar-refractivity contribution in [3.05, 3.63) is 72.3 Å². The lowest BCUT2D eigenvalue weighted by Gasteiger charge is -2.33. The van der Waals surface area contributed by atoms with Gasteiger partial charge in [-0.1, -0.05) is 82.3 Å². The molecule has 1 heterocycles. The van der Waals surface area contributed by atoms with Crippen molar-refractivity contribution < 1.29 is 5.11 Å². The zero-order valence-corrected chi connectivity index (χ0v) is 18.3. The molecule has 0 bridgehead atoms. The third-order valence-electron chi connectivity index (χ3n) is 5.53. The average molecular weight is 400 g/mol. The molecule has 1 aromatic heterocycles. The molecular weight excluding hydrogens is 370 g/mol. The molecule has 4 aromatic rings. The second kappa shape index (κ2) is 7.28. The summed E-state index contributed by atoms with van der Waals surface area (Å²) in [6.45, 7) is 11.5. The number of phenols is 1. The minimum absolute atomic E-state index is 0.108. The number of aromatic nitrogens is 3. The maximum Gasteiger partial charge on any atom is 0.141 e. The van der Waals surface area contributed by atoms with E-state index < -0.39 is 0 Å². The zero-order valence-electron chi connectivity index (χ0n) is 18.3. The maximum atomic E-state index is 10.5. The topological polar surface area (TPSA) is 50.9 Å². The minimum Gasteiger partial charge on any atom is -0.506 e. The number of phenolic OH excluding ortho intramolecular Hbond substituents is 1. The van der Waals surface area contributed by atoms with Crippen LogP contribution in [0.15, 0.2) is 66.7 Å². The Morgan fingerprint density at radius 3 is 2.20 bits per heavy atom. The third kappa shape index (κ3) is 3.95. The summed E-state index contributed by atoms with van der Waals surface area (Å²) in [5.74, 6) is 0.178. The number of para-hydroxylation sites is 1. The molecule has 0 saturated heterocycles. The molecule has 0 radical (unpaired) electrons. The molecule has 4 rings (SSSR count). The Hall–Kier alpha value is -3.14. The van der Waals surface area contributed by atoms with Crippen LogP contribution in [0.1, 0.15) is 46.6 Å². The maximum absolute atomic E-state index is 10.5. The molecule has 4 nitrogen and oxygen atoms in total. The number of aromatic hydroxyl groups is 1. The van der Waals surface area contributed by atoms with E-state index >= 15 is 0 Å². The van der Waals surface area contributed by atoms with E-state index in [4.69, 9.17) is 0 Å². The van der Waals surface area contributed by atoms with E-state index in [2.05, 4.69) is 69.2 Å². The summed E-state index contributed by atoms with van der Waals surface area (Å²) in [5.41, 5.74) is 6.14. The summed E-state index contributed by atoms with van der Waals surface area (Å²) in [5, 5.41) is 18.9. The van der Waals surface area contributed by atoms with Gasteiger partial charge in [-0.05, 0) is 58.2 Å². The van der Waals surface area contributed by atoms with Gasteiger partial charge in [0.1, 0.15) is 17.0 Å². The summed E-state index contributed by atoms with van der Waals surface area (Å²) < 4.78 is 1.69. The number of rotatable bonds is 4. The Labute approximate surface area is 178 Å². The van der Waals surface area contributed by atoms with Crippen molar-refractivity contribution >= 4 is 11.0 Å². The van der Waals surface area contributed by atoms with Crippen molar-refractivity contribution in [2.75, 3.05) is 0 Å². The van der Waals surface area contributed by atoms with Crippen molar-refractivity contribution in [3.8, 4) is 22.6 Å². The largest absolute Gasteiger partial charge is 0.506 e. The van der Waals surface area contributed by atoms with Crippen LogP contribution < -0.4 is 0 Å². The normalized spacial score (nSPS) is 12.4. The molecule has 0 spiro atoms. The van der Waals surface area contributed by atoms with Crippen molar-refractivity contribution in [2.24, 2.45) is 5.41 Å². The number of fused-ring (bicyclic) bond motifs is 1. The first kappa shape index (κ1) is 20.1. The summed E-state index contributed by atoms with van der Waals surface area (Å²) in [7, 11) is 0. The van der Waals surface area contributed by atoms with Gasteiger partial charge in [-0.25, -0.2) is 4.68 Å². The van der Waals surface area contributed by atoms with Gasteiger partial charge < -0.3 is 5.11 Å². The zero-order chi connectivity index (χ0) is 21.5. The van der Waals surface area contributed by atoms with Crippen molar-refractivity contribution in [1.29, 1.82) is 0 Å². The van der Waals surface area contributed by atoms with Crippen LogP contribution >= 0.6 is 0 Å². The third-order valence-corrected chi connectivity index (χ3v) is 5.53. The molecule has 1 N–H and O–H groups in total. The highest BCUT2D eigenvalue weighted by Gasteiger charge is 2.27. The van der Waals surface area contributed by atoms with Crippen molar-refractivity contribution in [2.45, 2.75) is 46.5 Å². The summed E-state index contributed by atoms with van der Waals surface area (Å²) in [6, 6.07) is 22.1. The molecule has 3 aromatic carbocycles. The highest BCUT2D eigenvalue weighted by molar-refractivity contribution is 5.78. The van der Waals surface area contributed by atoms with Crippen molar-refractivity contribution in [1.82, 2.24) is 15.0 Å². The van der Waals surface area contributed by atoms with Crippen LogP contribution in [0.5, 0.6) is 5.75 Å². The highest BCUT2D eigenvalue weighted by atomic mass is 16.3. The fourth-order valence-electron chi connectivity index (χ4n) is 4.46.